The monoisotopic (exact) mass is 444 g/mol. The number of carbonyl (C=O) groups excluding carboxylic acids is 1. The molecule has 166 valence electrons. The topological polar surface area (TPSA) is 115 Å². The van der Waals surface area contributed by atoms with E-state index in [1.54, 1.807) is 54.6 Å². The Labute approximate surface area is 187 Å². The van der Waals surface area contributed by atoms with Crippen molar-refractivity contribution in [3.05, 3.63) is 99.2 Å². The highest BCUT2D eigenvalue weighted by atomic mass is 16.5. The number of hydrogen-bond acceptors (Lipinski definition) is 6. The molecule has 4 rings (SSSR count). The summed E-state index contributed by atoms with van der Waals surface area (Å²) in [5, 5.41) is 7.11. The van der Waals surface area contributed by atoms with Gasteiger partial charge in [0.25, 0.3) is 11.5 Å². The van der Waals surface area contributed by atoms with Gasteiger partial charge in [-0.3, -0.25) is 9.59 Å². The van der Waals surface area contributed by atoms with Gasteiger partial charge in [-0.25, -0.2) is 4.79 Å². The van der Waals surface area contributed by atoms with Crippen molar-refractivity contribution in [1.82, 2.24) is 9.66 Å². The van der Waals surface area contributed by atoms with Crippen LogP contribution in [0.4, 0.5) is 5.69 Å². The molecule has 9 nitrogen and oxygen atoms in total. The third-order valence-corrected chi connectivity index (χ3v) is 4.73. The largest absolute Gasteiger partial charge is 0.493 e. The van der Waals surface area contributed by atoms with Crippen molar-refractivity contribution in [3.63, 3.8) is 0 Å². The summed E-state index contributed by atoms with van der Waals surface area (Å²) in [6.07, 6.45) is 1.30. The van der Waals surface area contributed by atoms with Crippen molar-refractivity contribution < 1.29 is 14.3 Å². The van der Waals surface area contributed by atoms with Crippen LogP contribution in [0.2, 0.25) is 0 Å². The van der Waals surface area contributed by atoms with Crippen LogP contribution in [-0.4, -0.2) is 35.5 Å². The first-order valence-corrected chi connectivity index (χ1v) is 10.00. The molecule has 1 amide bonds. The number of hydrogen-bond donors (Lipinski definition) is 2. The van der Waals surface area contributed by atoms with Crippen LogP contribution in [0.1, 0.15) is 5.56 Å². The van der Waals surface area contributed by atoms with Crippen molar-refractivity contribution in [2.24, 2.45) is 5.10 Å². The van der Waals surface area contributed by atoms with E-state index in [-0.39, 0.29) is 18.3 Å². The van der Waals surface area contributed by atoms with E-state index >= 15 is 0 Å². The normalized spacial score (nSPS) is 10.9. The summed E-state index contributed by atoms with van der Waals surface area (Å²) in [5.74, 6) is 0.251. The first-order valence-electron chi connectivity index (χ1n) is 10.00. The maximum Gasteiger partial charge on any atom is 0.349 e. The lowest BCUT2D eigenvalue weighted by Crippen LogP contribution is -2.32. The molecule has 0 bridgehead atoms. The van der Waals surface area contributed by atoms with E-state index in [0.29, 0.717) is 27.9 Å². The van der Waals surface area contributed by atoms with Crippen LogP contribution >= 0.6 is 0 Å². The predicted molar refractivity (Wildman–Crippen MR) is 125 cm³/mol. The molecule has 0 spiro atoms. The number of methoxy groups -OCH3 is 1. The molecule has 0 unspecified atom stereocenters. The second-order valence-corrected chi connectivity index (χ2v) is 6.92. The highest BCUT2D eigenvalue weighted by molar-refractivity contribution is 5.92. The second-order valence-electron chi connectivity index (χ2n) is 6.92. The third-order valence-electron chi connectivity index (χ3n) is 4.73. The smallest absolute Gasteiger partial charge is 0.349 e. The lowest BCUT2D eigenvalue weighted by Gasteiger charge is -2.13. The number of nitrogens with zero attached hydrogens (tertiary/aromatic N) is 2. The zero-order valence-corrected chi connectivity index (χ0v) is 17.6. The van der Waals surface area contributed by atoms with E-state index in [1.807, 2.05) is 18.2 Å². The number of nitrogens with one attached hydrogen (secondary N) is 2. The molecule has 0 aliphatic rings. The zero-order chi connectivity index (χ0) is 23.2. The molecule has 0 saturated carbocycles. The molecule has 1 heterocycles. The fourth-order valence-corrected chi connectivity index (χ4v) is 3.18. The maximum absolute atomic E-state index is 12.7. The van der Waals surface area contributed by atoms with Crippen molar-refractivity contribution in [2.75, 3.05) is 19.0 Å². The van der Waals surface area contributed by atoms with E-state index < -0.39 is 11.2 Å². The van der Waals surface area contributed by atoms with Crippen LogP contribution in [-0.2, 0) is 4.79 Å². The minimum atomic E-state index is -0.678. The van der Waals surface area contributed by atoms with Crippen LogP contribution in [0.15, 0.2) is 87.5 Å². The average Bonchev–Trinajstić information content (AvgIpc) is 2.83. The van der Waals surface area contributed by atoms with Crippen molar-refractivity contribution in [3.8, 4) is 11.5 Å². The fourth-order valence-electron chi connectivity index (χ4n) is 3.18. The molecule has 3 aromatic carbocycles. The lowest BCUT2D eigenvalue weighted by atomic mass is 10.2. The summed E-state index contributed by atoms with van der Waals surface area (Å²) in [5.41, 5.74) is 0.249. The molecule has 0 saturated heterocycles. The molecular formula is C24H20N4O5. The Bertz CT molecular complexity index is 1440. The quantitative estimate of drug-likeness (QED) is 0.425. The number of amides is 1. The zero-order valence-electron chi connectivity index (χ0n) is 17.6. The fraction of sp³-hybridized carbons (Fsp3) is 0.0833. The Balaban J connectivity index is 1.61. The first kappa shape index (κ1) is 21.6. The lowest BCUT2D eigenvalue weighted by molar-refractivity contribution is -0.118. The molecule has 0 aliphatic carbocycles. The molecule has 9 heteroatoms. The Morgan fingerprint density at radius 1 is 1.03 bits per heavy atom. The molecule has 0 aliphatic heterocycles. The molecule has 0 atom stereocenters. The van der Waals surface area contributed by atoms with Crippen molar-refractivity contribution in [1.29, 1.82) is 0 Å². The SMILES string of the molecule is COc1cccc(C=Nn2c(=O)[nH]c3ccccc3c2=O)c1OCC(=O)Nc1ccccc1. The van der Waals surface area contributed by atoms with Crippen LogP contribution in [0.5, 0.6) is 11.5 Å². The highest BCUT2D eigenvalue weighted by Gasteiger charge is 2.13. The first-order chi connectivity index (χ1) is 16.1. The van der Waals surface area contributed by atoms with Crippen LogP contribution < -0.4 is 26.0 Å². The van der Waals surface area contributed by atoms with Crippen LogP contribution in [0, 0.1) is 0 Å². The van der Waals surface area contributed by atoms with E-state index in [9.17, 15) is 14.4 Å². The summed E-state index contributed by atoms with van der Waals surface area (Å²) in [7, 11) is 1.46. The van der Waals surface area contributed by atoms with Gasteiger partial charge in [0.1, 0.15) is 0 Å². The minimum absolute atomic E-state index is 0.247. The number of aromatic nitrogens is 2. The van der Waals surface area contributed by atoms with Gasteiger partial charge in [0, 0.05) is 11.3 Å². The van der Waals surface area contributed by atoms with Crippen molar-refractivity contribution >= 4 is 28.7 Å². The number of benzene rings is 3. The van der Waals surface area contributed by atoms with Gasteiger partial charge in [-0.15, -0.1) is 4.68 Å². The summed E-state index contributed by atoms with van der Waals surface area (Å²) in [4.78, 5) is 40.0. The second kappa shape index (κ2) is 9.65. The number of ether oxygens (including phenoxy) is 2. The van der Waals surface area contributed by atoms with E-state index in [0.717, 1.165) is 4.68 Å². The number of para-hydroxylation sites is 3. The minimum Gasteiger partial charge on any atom is -0.493 e. The van der Waals surface area contributed by atoms with Gasteiger partial charge >= 0.3 is 5.69 Å². The summed E-state index contributed by atoms with van der Waals surface area (Å²) >= 11 is 0. The maximum atomic E-state index is 12.7. The van der Waals surface area contributed by atoms with E-state index in [2.05, 4.69) is 15.4 Å². The van der Waals surface area contributed by atoms with E-state index in [4.69, 9.17) is 9.47 Å². The van der Waals surface area contributed by atoms with Gasteiger partial charge in [-0.2, -0.15) is 5.10 Å². The Hall–Kier alpha value is -4.66. The van der Waals surface area contributed by atoms with Gasteiger partial charge in [0.15, 0.2) is 18.1 Å². The number of aromatic amines is 1. The van der Waals surface area contributed by atoms with Gasteiger partial charge in [-0.05, 0) is 36.4 Å². The third kappa shape index (κ3) is 4.82. The van der Waals surface area contributed by atoms with Gasteiger partial charge in [-0.1, -0.05) is 36.4 Å². The molecule has 4 aromatic rings. The Morgan fingerprint density at radius 3 is 2.58 bits per heavy atom. The Morgan fingerprint density at radius 2 is 1.79 bits per heavy atom. The summed E-state index contributed by atoms with van der Waals surface area (Å²) in [6.45, 7) is -0.285. The molecular weight excluding hydrogens is 424 g/mol. The Kier molecular flexibility index (Phi) is 6.31. The van der Waals surface area contributed by atoms with Crippen LogP contribution in [0.25, 0.3) is 10.9 Å². The number of fused-ring (bicyclic) bond motifs is 1. The number of carbonyl (C=O) groups is 1. The number of anilines is 1. The van der Waals surface area contributed by atoms with E-state index in [1.165, 1.54) is 13.3 Å². The van der Waals surface area contributed by atoms with Crippen LogP contribution in [0.3, 0.4) is 0 Å². The molecule has 0 fully saturated rings. The van der Waals surface area contributed by atoms with Gasteiger partial charge < -0.3 is 19.8 Å². The predicted octanol–water partition coefficient (Wildman–Crippen LogP) is 2.60. The average molecular weight is 444 g/mol. The molecule has 33 heavy (non-hydrogen) atoms. The summed E-state index contributed by atoms with van der Waals surface area (Å²) in [6, 6.07) is 20.7. The molecule has 2 N–H and O–H groups in total. The van der Waals surface area contributed by atoms with Gasteiger partial charge in [0.05, 0.1) is 24.2 Å². The number of H-pyrrole nitrogens is 1. The number of rotatable bonds is 7. The summed E-state index contributed by atoms with van der Waals surface area (Å²) < 4.78 is 11.8. The van der Waals surface area contributed by atoms with Crippen molar-refractivity contribution in [2.45, 2.75) is 0 Å². The standard InChI is InChI=1S/C24H20N4O5/c1-32-20-13-7-8-16(22(20)33-15-21(29)26-17-9-3-2-4-10-17)14-25-28-23(30)18-11-5-6-12-19(18)27-24(28)31/h2-14H,15H2,1H3,(H,26,29)(H,27,31). The molecule has 0 radical (unpaired) electrons. The molecule has 1 aromatic heterocycles. The van der Waals surface area contributed by atoms with Gasteiger partial charge in [0.2, 0.25) is 0 Å². The highest BCUT2D eigenvalue weighted by Crippen LogP contribution is 2.30.